The summed E-state index contributed by atoms with van der Waals surface area (Å²) in [5, 5.41) is 0. The molecule has 0 aromatic carbocycles. The van der Waals surface area contributed by atoms with Crippen LogP contribution in [0.4, 0.5) is 0 Å². The van der Waals surface area contributed by atoms with Gasteiger partial charge >= 0.3 is 0 Å². The third-order valence-corrected chi connectivity index (χ3v) is 0.802. The van der Waals surface area contributed by atoms with Gasteiger partial charge in [-0.1, -0.05) is 13.8 Å². The Bertz CT molecular complexity index is 150. The Morgan fingerprint density at radius 3 is 2.10 bits per heavy atom. The number of hydrogen-bond acceptors (Lipinski definition) is 3. The van der Waals surface area contributed by atoms with Gasteiger partial charge in [-0.15, -0.1) is 0 Å². The van der Waals surface area contributed by atoms with E-state index in [0.717, 1.165) is 0 Å². The lowest BCUT2D eigenvalue weighted by atomic mass is 10.6. The zero-order valence-electron chi connectivity index (χ0n) is 6.41. The summed E-state index contributed by atoms with van der Waals surface area (Å²) in [5.41, 5.74) is 5.22. The van der Waals surface area contributed by atoms with Crippen LogP contribution in [0, 0.1) is 0 Å². The lowest BCUT2D eigenvalue weighted by Crippen LogP contribution is -2.00. The maximum Gasteiger partial charge on any atom is 0.141 e. The largest absolute Gasteiger partial charge is 0.324 e. The second kappa shape index (κ2) is 6.16. The van der Waals surface area contributed by atoms with E-state index < -0.39 is 0 Å². The van der Waals surface area contributed by atoms with E-state index in [2.05, 4.69) is 9.97 Å². The Kier molecular flexibility index (Phi) is 5.57. The van der Waals surface area contributed by atoms with Gasteiger partial charge < -0.3 is 5.73 Å². The normalized spacial score (nSPS) is 7.90. The minimum atomic E-state index is 0.418. The molecule has 56 valence electrons. The molecule has 1 aromatic rings. The van der Waals surface area contributed by atoms with Gasteiger partial charge in [0.25, 0.3) is 0 Å². The Morgan fingerprint density at radius 2 is 1.80 bits per heavy atom. The van der Waals surface area contributed by atoms with Crippen molar-refractivity contribution in [2.45, 2.75) is 20.4 Å². The second-order valence-corrected chi connectivity index (χ2v) is 1.37. The zero-order chi connectivity index (χ0) is 7.82. The fourth-order valence-electron chi connectivity index (χ4n) is 0.435. The van der Waals surface area contributed by atoms with Crippen molar-refractivity contribution in [3.63, 3.8) is 0 Å². The third kappa shape index (κ3) is 3.14. The molecule has 0 radical (unpaired) electrons. The van der Waals surface area contributed by atoms with E-state index in [1.54, 1.807) is 18.5 Å². The zero-order valence-corrected chi connectivity index (χ0v) is 6.41. The second-order valence-electron chi connectivity index (χ2n) is 1.37. The van der Waals surface area contributed by atoms with Gasteiger partial charge in [-0.3, -0.25) is 0 Å². The van der Waals surface area contributed by atoms with Crippen molar-refractivity contribution in [2.24, 2.45) is 5.73 Å². The fraction of sp³-hybridized carbons (Fsp3) is 0.429. The average Bonchev–Trinajstić information content (AvgIpc) is 2.10. The lowest BCUT2D eigenvalue weighted by molar-refractivity contribution is 0.909. The Balaban J connectivity index is 0.000000371. The van der Waals surface area contributed by atoms with Crippen molar-refractivity contribution < 1.29 is 0 Å². The molecule has 0 saturated carbocycles. The first-order valence-electron chi connectivity index (χ1n) is 3.39. The fourth-order valence-corrected chi connectivity index (χ4v) is 0.435. The maximum atomic E-state index is 5.22. The van der Waals surface area contributed by atoms with Crippen LogP contribution in [-0.4, -0.2) is 9.97 Å². The van der Waals surface area contributed by atoms with Gasteiger partial charge in [0.2, 0.25) is 0 Å². The molecule has 0 aliphatic heterocycles. The van der Waals surface area contributed by atoms with Crippen LogP contribution in [0.3, 0.4) is 0 Å². The highest BCUT2D eigenvalue weighted by molar-refractivity contribution is 4.86. The smallest absolute Gasteiger partial charge is 0.141 e. The van der Waals surface area contributed by atoms with E-state index in [1.165, 1.54) is 0 Å². The molecule has 0 aliphatic carbocycles. The summed E-state index contributed by atoms with van der Waals surface area (Å²) in [6.45, 7) is 4.42. The molecule has 10 heavy (non-hydrogen) atoms. The third-order valence-electron chi connectivity index (χ3n) is 0.802. The van der Waals surface area contributed by atoms with E-state index in [0.29, 0.717) is 12.4 Å². The first kappa shape index (κ1) is 9.04. The predicted octanol–water partition coefficient (Wildman–Crippen LogP) is 0.962. The van der Waals surface area contributed by atoms with Gasteiger partial charge in [-0.05, 0) is 6.07 Å². The van der Waals surface area contributed by atoms with Crippen molar-refractivity contribution in [1.29, 1.82) is 0 Å². The average molecular weight is 139 g/mol. The van der Waals surface area contributed by atoms with Gasteiger partial charge in [0.05, 0.1) is 6.54 Å². The number of nitrogens with two attached hydrogens (primary N) is 1. The topological polar surface area (TPSA) is 51.8 Å². The maximum absolute atomic E-state index is 5.22. The van der Waals surface area contributed by atoms with Gasteiger partial charge in [-0.2, -0.15) is 0 Å². The van der Waals surface area contributed by atoms with Crippen LogP contribution in [-0.2, 0) is 6.54 Å². The molecule has 1 rings (SSSR count). The quantitative estimate of drug-likeness (QED) is 0.630. The molecular formula is C7H13N3. The van der Waals surface area contributed by atoms with E-state index in [1.807, 2.05) is 13.8 Å². The summed E-state index contributed by atoms with van der Waals surface area (Å²) in [4.78, 5) is 7.72. The van der Waals surface area contributed by atoms with Gasteiger partial charge in [0.15, 0.2) is 0 Å². The summed E-state index contributed by atoms with van der Waals surface area (Å²) in [7, 11) is 0. The molecule has 3 heteroatoms. The van der Waals surface area contributed by atoms with Gasteiger partial charge in [0, 0.05) is 12.4 Å². The first-order valence-corrected chi connectivity index (χ1v) is 3.39. The molecular weight excluding hydrogens is 126 g/mol. The van der Waals surface area contributed by atoms with Crippen molar-refractivity contribution in [2.75, 3.05) is 0 Å². The van der Waals surface area contributed by atoms with Crippen molar-refractivity contribution >= 4 is 0 Å². The predicted molar refractivity (Wildman–Crippen MR) is 41.3 cm³/mol. The van der Waals surface area contributed by atoms with E-state index in [-0.39, 0.29) is 0 Å². The number of nitrogens with zero attached hydrogens (tertiary/aromatic N) is 2. The Hall–Kier alpha value is -0.960. The van der Waals surface area contributed by atoms with Crippen LogP contribution in [0.25, 0.3) is 0 Å². The van der Waals surface area contributed by atoms with Crippen LogP contribution in [0.15, 0.2) is 18.5 Å². The number of aromatic nitrogens is 2. The molecule has 0 amide bonds. The van der Waals surface area contributed by atoms with Crippen LogP contribution in [0.5, 0.6) is 0 Å². The summed E-state index contributed by atoms with van der Waals surface area (Å²) < 4.78 is 0. The highest BCUT2D eigenvalue weighted by Gasteiger charge is 1.83. The summed E-state index contributed by atoms with van der Waals surface area (Å²) in [5.74, 6) is 0.688. The van der Waals surface area contributed by atoms with Crippen LogP contribution < -0.4 is 5.73 Å². The minimum absolute atomic E-state index is 0.418. The van der Waals surface area contributed by atoms with E-state index >= 15 is 0 Å². The van der Waals surface area contributed by atoms with Crippen molar-refractivity contribution in [1.82, 2.24) is 9.97 Å². The molecule has 0 atom stereocenters. The van der Waals surface area contributed by atoms with Crippen molar-refractivity contribution in [3.05, 3.63) is 24.3 Å². The Labute approximate surface area is 61.3 Å². The molecule has 0 spiro atoms. The highest BCUT2D eigenvalue weighted by Crippen LogP contribution is 1.81. The lowest BCUT2D eigenvalue weighted by Gasteiger charge is -1.88. The molecule has 0 fully saturated rings. The molecule has 0 aliphatic rings. The van der Waals surface area contributed by atoms with E-state index in [9.17, 15) is 0 Å². The molecule has 0 bridgehead atoms. The van der Waals surface area contributed by atoms with E-state index in [4.69, 9.17) is 5.73 Å². The molecule has 2 N–H and O–H groups in total. The SMILES string of the molecule is CC.NCc1ncccn1. The summed E-state index contributed by atoms with van der Waals surface area (Å²) in [6.07, 6.45) is 3.35. The summed E-state index contributed by atoms with van der Waals surface area (Å²) in [6, 6.07) is 1.76. The molecule has 3 nitrogen and oxygen atoms in total. The minimum Gasteiger partial charge on any atom is -0.324 e. The number of rotatable bonds is 1. The molecule has 1 heterocycles. The molecule has 1 aromatic heterocycles. The first-order chi connectivity index (χ1) is 4.93. The van der Waals surface area contributed by atoms with Gasteiger partial charge in [-0.25, -0.2) is 9.97 Å². The summed E-state index contributed by atoms with van der Waals surface area (Å²) >= 11 is 0. The van der Waals surface area contributed by atoms with Crippen molar-refractivity contribution in [3.8, 4) is 0 Å². The highest BCUT2D eigenvalue weighted by atomic mass is 14.9. The Morgan fingerprint density at radius 1 is 1.30 bits per heavy atom. The standard InChI is InChI=1S/C5H7N3.C2H6/c6-4-5-7-2-1-3-8-5;1-2/h1-3H,4,6H2;1-2H3. The number of hydrogen-bond donors (Lipinski definition) is 1. The van der Waals surface area contributed by atoms with Gasteiger partial charge in [0.1, 0.15) is 5.82 Å². The van der Waals surface area contributed by atoms with Crippen LogP contribution in [0.2, 0.25) is 0 Å². The molecule has 0 saturated heterocycles. The van der Waals surface area contributed by atoms with Crippen LogP contribution >= 0.6 is 0 Å². The van der Waals surface area contributed by atoms with Crippen LogP contribution in [0.1, 0.15) is 19.7 Å². The molecule has 0 unspecified atom stereocenters. The monoisotopic (exact) mass is 139 g/mol.